The molecule has 0 bridgehead atoms. The summed E-state index contributed by atoms with van der Waals surface area (Å²) in [7, 11) is -3.84. The molecule has 0 unspecified atom stereocenters. The molecule has 5 heteroatoms. The second kappa shape index (κ2) is 4.00. The first-order valence-corrected chi connectivity index (χ1v) is 5.27. The molecular formula is C12H18BNO3. The Morgan fingerprint density at radius 1 is 1.29 bits per heavy atom. The smallest absolute Gasteiger partial charge is 0.481 e. The van der Waals surface area contributed by atoms with E-state index in [9.17, 15) is 0 Å². The zero-order valence-corrected chi connectivity index (χ0v) is 10.2. The van der Waals surface area contributed by atoms with Crippen LogP contribution < -0.4 is 10.2 Å². The van der Waals surface area contributed by atoms with Gasteiger partial charge in [0.15, 0.2) is 0 Å². The Hall–Kier alpha value is -1.07. The lowest BCUT2D eigenvalue weighted by Gasteiger charge is -2.32. The third-order valence-electron chi connectivity index (χ3n) is 3.17. The van der Waals surface area contributed by atoms with Crippen molar-refractivity contribution in [1.29, 1.82) is 0 Å². The Kier molecular flexibility index (Phi) is 1.59. The van der Waals surface area contributed by atoms with Gasteiger partial charge < -0.3 is 14.0 Å². The molecule has 0 atom stereocenters. The van der Waals surface area contributed by atoms with Crippen molar-refractivity contribution in [2.45, 2.75) is 38.9 Å². The van der Waals surface area contributed by atoms with E-state index in [2.05, 4.69) is 9.72 Å². The number of rotatable bonds is 2. The van der Waals surface area contributed by atoms with Crippen LogP contribution in [0.4, 0.5) is 0 Å². The van der Waals surface area contributed by atoms with Crippen molar-refractivity contribution in [1.82, 2.24) is 4.98 Å². The summed E-state index contributed by atoms with van der Waals surface area (Å²) >= 11 is 0. The predicted molar refractivity (Wildman–Crippen MR) is 66.5 cm³/mol. The van der Waals surface area contributed by atoms with Crippen LogP contribution in [0.3, 0.4) is 0 Å². The summed E-state index contributed by atoms with van der Waals surface area (Å²) in [6, 6.07) is -0.926. The van der Waals surface area contributed by atoms with Crippen LogP contribution in [0, 0.1) is 0 Å². The third-order valence-corrected chi connectivity index (χ3v) is 3.17. The average molecular weight is 241 g/mol. The Morgan fingerprint density at radius 2 is 1.94 bits per heavy atom. The highest BCUT2D eigenvalue weighted by atomic mass is 16.7. The molecule has 92 valence electrons. The summed E-state index contributed by atoms with van der Waals surface area (Å²) in [5.74, 6) is -0.583. The van der Waals surface area contributed by atoms with E-state index in [1.807, 2.05) is 27.7 Å². The number of nitrogens with zero attached hydrogens (tertiary/aromatic N) is 1. The first kappa shape index (κ1) is 6.76. The fourth-order valence-electron chi connectivity index (χ4n) is 1.41. The molecule has 4 nitrogen and oxygen atoms in total. The Balaban J connectivity index is 2.45. The Morgan fingerprint density at radius 3 is 2.53 bits per heavy atom. The largest absolute Gasteiger partial charge is 0.496 e. The minimum atomic E-state index is -2.81. The maximum absolute atomic E-state index is 8.04. The van der Waals surface area contributed by atoms with Crippen LogP contribution in [0.2, 0.25) is 0 Å². The van der Waals surface area contributed by atoms with E-state index in [1.54, 1.807) is 0 Å². The van der Waals surface area contributed by atoms with Crippen molar-refractivity contribution >= 4 is 12.6 Å². The first-order valence-electron chi connectivity index (χ1n) is 8.27. The van der Waals surface area contributed by atoms with Crippen LogP contribution in [0.5, 0.6) is 5.88 Å². The number of methoxy groups -OCH3 is 1. The summed E-state index contributed by atoms with van der Waals surface area (Å²) in [6.45, 7) is 7.28. The normalized spacial score (nSPS) is 27.4. The van der Waals surface area contributed by atoms with E-state index in [4.69, 9.17) is 17.5 Å². The highest BCUT2D eigenvalue weighted by Crippen LogP contribution is 2.36. The lowest BCUT2D eigenvalue weighted by molar-refractivity contribution is 0.00578. The molecule has 1 fully saturated rings. The van der Waals surface area contributed by atoms with Gasteiger partial charge in [-0.25, -0.2) is 4.98 Å². The van der Waals surface area contributed by atoms with Gasteiger partial charge in [0.25, 0.3) is 0 Å². The van der Waals surface area contributed by atoms with Gasteiger partial charge in [-0.1, -0.05) is 6.04 Å². The van der Waals surface area contributed by atoms with Crippen molar-refractivity contribution in [2.75, 3.05) is 7.04 Å². The standard InChI is InChI=1S/C12H18BNO3/c1-11(2)12(3,4)17-13(16-11)9-6-7-10(15-5)14-8-9/h6-8H,1-5H3/i5D3,6D,7D,8D. The van der Waals surface area contributed by atoms with Crippen molar-refractivity contribution in [2.24, 2.45) is 0 Å². The molecule has 1 saturated heterocycles. The lowest BCUT2D eigenvalue weighted by atomic mass is 9.80. The topological polar surface area (TPSA) is 40.6 Å². The highest BCUT2D eigenvalue weighted by Gasteiger charge is 2.51. The minimum Gasteiger partial charge on any atom is -0.481 e. The summed E-state index contributed by atoms with van der Waals surface area (Å²) in [5, 5.41) is 0. The van der Waals surface area contributed by atoms with Crippen molar-refractivity contribution in [3.05, 3.63) is 18.3 Å². The van der Waals surface area contributed by atoms with E-state index in [1.165, 1.54) is 0 Å². The van der Waals surface area contributed by atoms with E-state index in [-0.39, 0.29) is 5.46 Å². The molecular weight excluding hydrogens is 217 g/mol. The van der Waals surface area contributed by atoms with Crippen molar-refractivity contribution in [3.63, 3.8) is 0 Å². The van der Waals surface area contributed by atoms with Crippen LogP contribution >= 0.6 is 0 Å². The molecule has 0 amide bonds. The van der Waals surface area contributed by atoms with E-state index < -0.39 is 49.5 Å². The molecule has 0 aromatic carbocycles. The molecule has 1 aromatic heterocycles. The number of aromatic nitrogens is 1. The zero-order valence-electron chi connectivity index (χ0n) is 16.2. The zero-order chi connectivity index (χ0) is 17.8. The Labute approximate surface area is 111 Å². The molecule has 0 N–H and O–H groups in total. The molecule has 2 rings (SSSR count). The van der Waals surface area contributed by atoms with Gasteiger partial charge in [-0.05, 0) is 33.7 Å². The molecule has 1 aliphatic heterocycles. The fraction of sp³-hybridized carbons (Fsp3) is 0.583. The molecule has 17 heavy (non-hydrogen) atoms. The molecule has 0 radical (unpaired) electrons. The van der Waals surface area contributed by atoms with E-state index in [0.717, 1.165) is 0 Å². The summed E-state index contributed by atoms with van der Waals surface area (Å²) in [6.07, 6.45) is -0.413. The average Bonchev–Trinajstić information content (AvgIpc) is 2.53. The van der Waals surface area contributed by atoms with Gasteiger partial charge in [0, 0.05) is 11.6 Å². The van der Waals surface area contributed by atoms with Gasteiger partial charge in [0.05, 0.1) is 26.5 Å². The van der Waals surface area contributed by atoms with E-state index >= 15 is 0 Å². The van der Waals surface area contributed by atoms with Crippen molar-refractivity contribution in [3.8, 4) is 5.88 Å². The fourth-order valence-corrected chi connectivity index (χ4v) is 1.41. The Bertz CT molecular complexity index is 618. The molecule has 2 heterocycles. The maximum Gasteiger partial charge on any atom is 0.496 e. The second-order valence-electron chi connectivity index (χ2n) is 4.88. The van der Waals surface area contributed by atoms with Gasteiger partial charge >= 0.3 is 7.12 Å². The predicted octanol–water partition coefficient (Wildman–Crippen LogP) is 1.39. The van der Waals surface area contributed by atoms with Crippen LogP contribution in [-0.2, 0) is 9.31 Å². The van der Waals surface area contributed by atoms with Gasteiger partial charge in [-0.2, -0.15) is 0 Å². The molecule has 0 spiro atoms. The summed E-state index contributed by atoms with van der Waals surface area (Å²) < 4.78 is 61.1. The molecule has 0 aliphatic carbocycles. The van der Waals surface area contributed by atoms with Gasteiger partial charge in [-0.3, -0.25) is 0 Å². The molecule has 0 saturated carbocycles. The molecule has 1 aromatic rings. The second-order valence-corrected chi connectivity index (χ2v) is 4.88. The molecule has 1 aliphatic rings. The van der Waals surface area contributed by atoms with Crippen LogP contribution in [0.1, 0.15) is 35.9 Å². The van der Waals surface area contributed by atoms with Crippen LogP contribution in [-0.4, -0.2) is 30.3 Å². The minimum absolute atomic E-state index is 0.0217. The quantitative estimate of drug-likeness (QED) is 0.733. The number of ether oxygens (including phenoxy) is 1. The number of hydrogen-bond acceptors (Lipinski definition) is 4. The third kappa shape index (κ3) is 2.17. The van der Waals surface area contributed by atoms with Gasteiger partial charge in [0.2, 0.25) is 5.88 Å². The maximum atomic E-state index is 8.04. The van der Waals surface area contributed by atoms with Crippen LogP contribution in [0.15, 0.2) is 18.3 Å². The SMILES string of the molecule is [2H]c1nc(OC([2H])([2H])[2H])c([2H])c([2H])c1B1OC(C)(C)C(C)(C)O1. The van der Waals surface area contributed by atoms with Crippen molar-refractivity contribution < 1.29 is 22.3 Å². The van der Waals surface area contributed by atoms with Gasteiger partial charge in [-0.15, -0.1) is 0 Å². The van der Waals surface area contributed by atoms with Crippen LogP contribution in [0.25, 0.3) is 0 Å². The monoisotopic (exact) mass is 241 g/mol. The summed E-state index contributed by atoms with van der Waals surface area (Å²) in [5.41, 5.74) is -1.37. The number of hydrogen-bond donors (Lipinski definition) is 0. The van der Waals surface area contributed by atoms with Gasteiger partial charge in [0.1, 0.15) is 0 Å². The van der Waals surface area contributed by atoms with E-state index in [0.29, 0.717) is 0 Å². The first-order chi connectivity index (χ1) is 10.3. The highest BCUT2D eigenvalue weighted by molar-refractivity contribution is 6.62. The lowest BCUT2D eigenvalue weighted by Crippen LogP contribution is -2.41. The number of pyridine rings is 1. The summed E-state index contributed by atoms with van der Waals surface area (Å²) in [4.78, 5) is 3.68.